The van der Waals surface area contributed by atoms with Crippen LogP contribution in [-0.4, -0.2) is 187 Å². The van der Waals surface area contributed by atoms with Crippen molar-refractivity contribution < 1.29 is 90.8 Å². The standard InChI is InChI=1S/C72H100N4O19/c1-39(2)51(33-45(77)11-8-7-9-28-76-61(81)22-23-62(76)82)70(84)75-53(12-10-27-74-71(73)85)54(80)31-43-13-15-44(16-14-43)38-87-63(83)24-17-46(78)35-59-64(86-6)52-34-47(79)32-49-19-21-56-65(90-49)69-68-67(92-56)66-60(93-68)37-72(94-66,95-69)26-25-50-30-41(4)55(88-50)20-18-48-29-40(3)42(5)57(89-48)36-58(52)91-59/h13-16,22-23,39-40,46,48-53,55-60,64-69,78H,4-5,7-12,17-21,24-38H2,1-3,6H3,(H,75,84)(H3,73,74,85)/t40-,46-,48?,49-,50+,51+,52?,53+,55+,56+,57-,58+,59-,60?,64-,65+,66+,67+,68-,69+,72+/m1/s1. The predicted molar refractivity (Wildman–Crippen MR) is 342 cm³/mol. The van der Waals surface area contributed by atoms with Crippen molar-refractivity contribution in [3.05, 3.63) is 71.8 Å². The quantitative estimate of drug-likeness (QED) is 0.0322. The van der Waals surface area contributed by atoms with E-state index in [-0.39, 0.29) is 180 Å². The Morgan fingerprint density at radius 3 is 2.22 bits per heavy atom. The molecule has 0 saturated carbocycles. The fraction of sp³-hybridized carbons (Fsp3) is 0.722. The number of aliphatic hydroxyl groups excluding tert-OH is 1. The third-order valence-corrected chi connectivity index (χ3v) is 21.7. The van der Waals surface area contributed by atoms with Crippen LogP contribution in [0, 0.1) is 23.7 Å². The molecule has 0 aliphatic carbocycles. The molecule has 23 nitrogen and oxygen atoms in total. The number of carbonyl (C=O) groups is 8. The van der Waals surface area contributed by atoms with Crippen molar-refractivity contribution in [3.8, 4) is 0 Å². The maximum atomic E-state index is 14.5. The highest BCUT2D eigenvalue weighted by Gasteiger charge is 2.69. The number of imide groups is 1. The predicted octanol–water partition coefficient (Wildman–Crippen LogP) is 6.76. The SMILES string of the molecule is C=C1C[C@@H]2CC[C@@]34CC5O[C@H]6[C@@H](O3)[C@H]3O[C@H](CC[C@@H]3O[C@H]6[C@H]5O4)CC(=O)CC3[C@H](C[C@H]4OC(CC[C@@H]1O2)C[C@@H](C)C4=C)O[C@H](C[C@H](O)CCC(=O)OCc1ccc(CC(=O)[C@H](CCCNC(N)=O)NC(=O)[C@@H](CC(=O)CCCCCN2C(=O)C=CC2=O)C(C)C)cc1)[C@@H]3OC. The van der Waals surface area contributed by atoms with Gasteiger partial charge in [0.2, 0.25) is 5.91 Å². The van der Waals surface area contributed by atoms with Crippen LogP contribution in [0.4, 0.5) is 4.79 Å². The highest BCUT2D eigenvalue weighted by Crippen LogP contribution is 2.55. The molecule has 3 unspecified atom stereocenters. The minimum Gasteiger partial charge on any atom is -0.461 e. The number of benzene rings is 1. The fourth-order valence-electron chi connectivity index (χ4n) is 16.4. The third kappa shape index (κ3) is 17.3. The summed E-state index contributed by atoms with van der Waals surface area (Å²) in [5.74, 6) is -4.00. The molecule has 11 aliphatic heterocycles. The van der Waals surface area contributed by atoms with E-state index in [0.29, 0.717) is 68.9 Å². The van der Waals surface area contributed by atoms with Crippen molar-refractivity contribution in [2.45, 2.75) is 285 Å². The number of nitrogens with one attached hydrogen (secondary N) is 2. The molecule has 1 aromatic carbocycles. The zero-order valence-electron chi connectivity index (χ0n) is 55.7. The van der Waals surface area contributed by atoms with E-state index in [4.69, 9.17) is 53.1 Å². The first-order chi connectivity index (χ1) is 45.6. The number of carbonyl (C=O) groups excluding carboxylic acids is 8. The molecule has 23 heteroatoms. The average molecular weight is 1330 g/mol. The van der Waals surface area contributed by atoms with Gasteiger partial charge in [-0.15, -0.1) is 0 Å². The minimum atomic E-state index is -0.979. The Morgan fingerprint density at radius 1 is 0.747 bits per heavy atom. The van der Waals surface area contributed by atoms with Gasteiger partial charge < -0.3 is 68.8 Å². The number of fused-ring (bicyclic) bond motifs is 6. The van der Waals surface area contributed by atoms with Gasteiger partial charge in [-0.3, -0.25) is 38.5 Å². The van der Waals surface area contributed by atoms with Gasteiger partial charge >= 0.3 is 12.0 Å². The Kier molecular flexibility index (Phi) is 23.4. The average Bonchev–Trinajstić information content (AvgIpc) is 1.55. The molecule has 1 aromatic rings. The molecule has 11 aliphatic rings. The molecule has 95 heavy (non-hydrogen) atoms. The fourth-order valence-corrected chi connectivity index (χ4v) is 16.4. The molecule has 12 rings (SSSR count). The van der Waals surface area contributed by atoms with Gasteiger partial charge in [0.1, 0.15) is 48.7 Å². The summed E-state index contributed by atoms with van der Waals surface area (Å²) in [5.41, 5.74) is 8.65. The number of ketones is 3. The Balaban J connectivity index is 0.674. The summed E-state index contributed by atoms with van der Waals surface area (Å²) >= 11 is 0. The van der Waals surface area contributed by atoms with Crippen LogP contribution in [0.25, 0.3) is 0 Å². The summed E-state index contributed by atoms with van der Waals surface area (Å²) in [7, 11) is 1.60. The van der Waals surface area contributed by atoms with Crippen LogP contribution in [0.5, 0.6) is 0 Å². The van der Waals surface area contributed by atoms with E-state index in [1.54, 1.807) is 31.4 Å². The molecular formula is C72H100N4O19. The van der Waals surface area contributed by atoms with Crippen LogP contribution in [0.3, 0.4) is 0 Å². The molecule has 5 N–H and O–H groups in total. The van der Waals surface area contributed by atoms with E-state index in [0.717, 1.165) is 43.3 Å². The maximum absolute atomic E-state index is 14.5. The third-order valence-electron chi connectivity index (χ3n) is 21.7. The van der Waals surface area contributed by atoms with Crippen LogP contribution in [-0.2, 0) is 94.0 Å². The van der Waals surface area contributed by atoms with E-state index in [1.807, 2.05) is 13.8 Å². The van der Waals surface area contributed by atoms with Crippen molar-refractivity contribution in [2.24, 2.45) is 29.4 Å². The largest absolute Gasteiger partial charge is 0.461 e. The second kappa shape index (κ2) is 31.5. The van der Waals surface area contributed by atoms with Gasteiger partial charge in [0.15, 0.2) is 11.6 Å². The monoisotopic (exact) mass is 1320 g/mol. The minimum absolute atomic E-state index is 0.0129. The first-order valence-electron chi connectivity index (χ1n) is 35.1. The Morgan fingerprint density at radius 2 is 1.46 bits per heavy atom. The molecule has 21 atom stereocenters. The number of methoxy groups -OCH3 is 1. The van der Waals surface area contributed by atoms with E-state index in [1.165, 1.54) is 17.1 Å². The van der Waals surface area contributed by atoms with Crippen LogP contribution in [0.15, 0.2) is 60.7 Å². The molecule has 1 spiro atoms. The summed E-state index contributed by atoms with van der Waals surface area (Å²) < 4.78 is 66.6. The van der Waals surface area contributed by atoms with Gasteiger partial charge in [0.05, 0.1) is 73.2 Å². The number of nitrogens with two attached hydrogens (primary N) is 1. The van der Waals surface area contributed by atoms with Gasteiger partial charge in [0.25, 0.3) is 11.8 Å². The second-order valence-corrected chi connectivity index (χ2v) is 28.9. The Labute approximate surface area is 557 Å². The van der Waals surface area contributed by atoms with Crippen molar-refractivity contribution in [1.82, 2.24) is 15.5 Å². The first-order valence-corrected chi connectivity index (χ1v) is 35.1. The summed E-state index contributed by atoms with van der Waals surface area (Å²) in [6.45, 7) is 15.3. The number of ether oxygens (including phenoxy) is 10. The number of unbranched alkanes of at least 4 members (excludes halogenated alkanes) is 2. The van der Waals surface area contributed by atoms with Gasteiger partial charge in [-0.2, -0.15) is 0 Å². The molecular weight excluding hydrogens is 1220 g/mol. The number of urea groups is 1. The lowest BCUT2D eigenvalue weighted by molar-refractivity contribution is -0.292. The van der Waals surface area contributed by atoms with Crippen LogP contribution < -0.4 is 16.4 Å². The van der Waals surface area contributed by atoms with Crippen molar-refractivity contribution in [3.63, 3.8) is 0 Å². The topological polar surface area (TPSA) is 302 Å². The van der Waals surface area contributed by atoms with Gasteiger partial charge in [-0.05, 0) is 111 Å². The Bertz CT molecular complexity index is 2990. The molecule has 12 bridgehead atoms. The molecule has 11 heterocycles. The van der Waals surface area contributed by atoms with E-state index >= 15 is 0 Å². The summed E-state index contributed by atoms with van der Waals surface area (Å²) in [6, 6.07) is 5.35. The van der Waals surface area contributed by atoms with E-state index in [9.17, 15) is 43.5 Å². The maximum Gasteiger partial charge on any atom is 0.312 e. The zero-order chi connectivity index (χ0) is 67.2. The molecule has 0 aromatic heterocycles. The smallest absolute Gasteiger partial charge is 0.312 e. The number of primary amides is 1. The number of esters is 1. The molecule has 10 fully saturated rings. The number of nitrogens with zero attached hydrogens (tertiary/aromatic N) is 1. The second-order valence-electron chi connectivity index (χ2n) is 28.9. The summed E-state index contributed by atoms with van der Waals surface area (Å²) in [5, 5.41) is 17.0. The zero-order valence-corrected chi connectivity index (χ0v) is 55.7. The van der Waals surface area contributed by atoms with Gasteiger partial charge in [-0.25, -0.2) is 4.79 Å². The number of hydrogen-bond acceptors (Lipinski definition) is 19. The van der Waals surface area contributed by atoms with Crippen LogP contribution >= 0.6 is 0 Å². The summed E-state index contributed by atoms with van der Waals surface area (Å²) in [4.78, 5) is 105. The lowest BCUT2D eigenvalue weighted by Gasteiger charge is -2.47. The molecule has 10 saturated heterocycles. The van der Waals surface area contributed by atoms with E-state index in [2.05, 4.69) is 30.7 Å². The highest BCUT2D eigenvalue weighted by molar-refractivity contribution is 6.12. The van der Waals surface area contributed by atoms with Crippen molar-refractivity contribution in [2.75, 3.05) is 20.2 Å². The first kappa shape index (κ1) is 70.7. The molecule has 5 amide bonds. The van der Waals surface area contributed by atoms with Crippen LogP contribution in [0.2, 0.25) is 0 Å². The number of aliphatic hydroxyl groups is 1. The molecule has 522 valence electrons. The summed E-state index contributed by atoms with van der Waals surface area (Å²) in [6.07, 6.45) is 6.74. The number of Topliss-reactive ketones (excluding diaryl/α,β-unsaturated/α-hetero) is 3. The lowest BCUT2D eigenvalue weighted by atomic mass is 9.81. The van der Waals surface area contributed by atoms with E-state index < -0.39 is 78.2 Å². The van der Waals surface area contributed by atoms with Crippen molar-refractivity contribution in [1.29, 1.82) is 0 Å². The number of hydrogen-bond donors (Lipinski definition) is 4. The number of amides is 5. The molecule has 0 radical (unpaired) electrons. The highest BCUT2D eigenvalue weighted by atomic mass is 16.8. The van der Waals surface area contributed by atoms with Gasteiger partial charge in [-0.1, -0.05) is 64.6 Å². The van der Waals surface area contributed by atoms with Crippen molar-refractivity contribution >= 4 is 47.1 Å². The van der Waals surface area contributed by atoms with Crippen LogP contribution in [0.1, 0.15) is 173 Å². The number of rotatable bonds is 26. The van der Waals surface area contributed by atoms with Gasteiger partial charge in [0, 0.05) is 108 Å². The lowest BCUT2D eigenvalue weighted by Crippen LogP contribution is -2.61. The Hall–Kier alpha value is -5.60. The normalized spacial score (nSPS) is 35.2.